The van der Waals surface area contributed by atoms with Crippen molar-refractivity contribution in [1.82, 2.24) is 20.1 Å². The first-order valence-corrected chi connectivity index (χ1v) is 12.7. The second kappa shape index (κ2) is 11.0. The highest BCUT2D eigenvalue weighted by Crippen LogP contribution is 2.30. The number of halogens is 1. The molecule has 1 unspecified atom stereocenters. The van der Waals surface area contributed by atoms with Crippen LogP contribution in [0.25, 0.3) is 5.69 Å². The van der Waals surface area contributed by atoms with E-state index in [-0.39, 0.29) is 6.03 Å². The van der Waals surface area contributed by atoms with E-state index >= 15 is 0 Å². The molecular weight excluding hydrogens is 478 g/mol. The lowest BCUT2D eigenvalue weighted by atomic mass is 10.1. The molecule has 1 heterocycles. The molecule has 8 heteroatoms. The maximum Gasteiger partial charge on any atom is 0.319 e. The van der Waals surface area contributed by atoms with Gasteiger partial charge in [0, 0.05) is 16.5 Å². The van der Waals surface area contributed by atoms with E-state index in [2.05, 4.69) is 33.0 Å². The van der Waals surface area contributed by atoms with Gasteiger partial charge in [-0.3, -0.25) is 4.57 Å². The molecule has 2 amide bonds. The Hall–Kier alpha value is -3.29. The van der Waals surface area contributed by atoms with Crippen LogP contribution in [-0.2, 0) is 5.75 Å². The van der Waals surface area contributed by atoms with Crippen molar-refractivity contribution in [3.8, 4) is 5.69 Å². The largest absolute Gasteiger partial charge is 0.328 e. The number of aromatic nitrogens is 3. The number of benzene rings is 3. The van der Waals surface area contributed by atoms with E-state index in [1.165, 1.54) is 11.1 Å². The van der Waals surface area contributed by atoms with Crippen molar-refractivity contribution in [3.63, 3.8) is 0 Å². The summed E-state index contributed by atoms with van der Waals surface area (Å²) in [7, 11) is 0. The Balaban J connectivity index is 1.60. The number of thioether (sulfide) groups is 1. The fourth-order valence-corrected chi connectivity index (χ4v) is 4.75. The summed E-state index contributed by atoms with van der Waals surface area (Å²) >= 11 is 7.94. The van der Waals surface area contributed by atoms with E-state index in [1.807, 2.05) is 86.9 Å². The fraction of sp³-hybridized carbons (Fsp3) is 0.222. The number of rotatable bonds is 7. The zero-order valence-corrected chi connectivity index (χ0v) is 21.7. The van der Waals surface area contributed by atoms with Crippen LogP contribution in [0, 0.1) is 20.8 Å². The van der Waals surface area contributed by atoms with Crippen LogP contribution < -0.4 is 10.6 Å². The predicted molar refractivity (Wildman–Crippen MR) is 144 cm³/mol. The highest BCUT2D eigenvalue weighted by Gasteiger charge is 2.22. The maximum atomic E-state index is 12.8. The second-order valence-corrected chi connectivity index (χ2v) is 9.88. The Labute approximate surface area is 215 Å². The number of carbonyl (C=O) groups excluding carboxylic acids is 1. The molecule has 1 aromatic heterocycles. The Morgan fingerprint density at radius 1 is 0.971 bits per heavy atom. The third-order valence-corrected chi connectivity index (χ3v) is 7.02. The summed E-state index contributed by atoms with van der Waals surface area (Å²) in [6.07, 6.45) is 0. The predicted octanol–water partition coefficient (Wildman–Crippen LogP) is 7.02. The van der Waals surface area contributed by atoms with Crippen molar-refractivity contribution < 1.29 is 4.79 Å². The zero-order valence-electron chi connectivity index (χ0n) is 20.2. The second-order valence-electron chi connectivity index (χ2n) is 8.50. The number of carbonyl (C=O) groups is 1. The third kappa shape index (κ3) is 6.05. The molecule has 180 valence electrons. The number of nitrogens with one attached hydrogen (secondary N) is 2. The van der Waals surface area contributed by atoms with Gasteiger partial charge < -0.3 is 10.6 Å². The van der Waals surface area contributed by atoms with Crippen molar-refractivity contribution in [1.29, 1.82) is 0 Å². The van der Waals surface area contributed by atoms with Crippen molar-refractivity contribution in [2.45, 2.75) is 44.6 Å². The molecule has 0 radical (unpaired) electrons. The Bertz CT molecular complexity index is 1340. The van der Waals surface area contributed by atoms with Gasteiger partial charge in [0.2, 0.25) is 0 Å². The number of hydrogen-bond donors (Lipinski definition) is 2. The minimum Gasteiger partial charge on any atom is -0.328 e. The molecule has 0 saturated heterocycles. The lowest BCUT2D eigenvalue weighted by Gasteiger charge is -2.18. The number of anilines is 1. The SMILES string of the molecule is Cc1ccc(NC(=O)NC(C)c2nnc(SCc3ccccc3)n2-c2cc(Cl)ccc2C)cc1C. The Morgan fingerprint density at radius 3 is 2.46 bits per heavy atom. The third-order valence-electron chi connectivity index (χ3n) is 5.78. The quantitative estimate of drug-likeness (QED) is 0.265. The van der Waals surface area contributed by atoms with Crippen LogP contribution in [-0.4, -0.2) is 20.8 Å². The maximum absolute atomic E-state index is 12.8. The van der Waals surface area contributed by atoms with Crippen LogP contribution in [0.15, 0.2) is 71.9 Å². The topological polar surface area (TPSA) is 71.8 Å². The first-order valence-electron chi connectivity index (χ1n) is 11.3. The van der Waals surface area contributed by atoms with E-state index in [0.29, 0.717) is 10.8 Å². The molecule has 35 heavy (non-hydrogen) atoms. The number of nitrogens with zero attached hydrogens (tertiary/aromatic N) is 3. The normalized spacial score (nSPS) is 11.8. The molecule has 6 nitrogen and oxygen atoms in total. The van der Waals surface area contributed by atoms with E-state index < -0.39 is 6.04 Å². The summed E-state index contributed by atoms with van der Waals surface area (Å²) in [5.41, 5.74) is 6.14. The Kier molecular flexibility index (Phi) is 7.78. The van der Waals surface area contributed by atoms with Crippen molar-refractivity contribution in [2.75, 3.05) is 5.32 Å². The van der Waals surface area contributed by atoms with Crippen LogP contribution in [0.4, 0.5) is 10.5 Å². The van der Waals surface area contributed by atoms with E-state index in [1.54, 1.807) is 11.8 Å². The summed E-state index contributed by atoms with van der Waals surface area (Å²) < 4.78 is 1.98. The van der Waals surface area contributed by atoms with Gasteiger partial charge in [-0.05, 0) is 74.2 Å². The minimum absolute atomic E-state index is 0.309. The average molecular weight is 506 g/mol. The molecule has 0 aliphatic heterocycles. The zero-order chi connectivity index (χ0) is 24.9. The number of urea groups is 1. The van der Waals surface area contributed by atoms with Gasteiger partial charge in [0.05, 0.1) is 11.7 Å². The monoisotopic (exact) mass is 505 g/mol. The Morgan fingerprint density at radius 2 is 1.71 bits per heavy atom. The summed E-state index contributed by atoms with van der Waals surface area (Å²) in [5.74, 6) is 1.37. The van der Waals surface area contributed by atoms with Crippen molar-refractivity contribution >= 4 is 35.1 Å². The average Bonchev–Trinajstić information content (AvgIpc) is 3.26. The van der Waals surface area contributed by atoms with E-state index in [0.717, 1.165) is 33.4 Å². The van der Waals surface area contributed by atoms with Gasteiger partial charge in [-0.1, -0.05) is 65.8 Å². The van der Waals surface area contributed by atoms with E-state index in [9.17, 15) is 4.79 Å². The van der Waals surface area contributed by atoms with Gasteiger partial charge in [-0.25, -0.2) is 4.79 Å². The van der Waals surface area contributed by atoms with Crippen molar-refractivity contribution in [3.05, 3.63) is 99.8 Å². The lowest BCUT2D eigenvalue weighted by molar-refractivity contribution is 0.249. The highest BCUT2D eigenvalue weighted by molar-refractivity contribution is 7.98. The smallest absolute Gasteiger partial charge is 0.319 e. The van der Waals surface area contributed by atoms with Gasteiger partial charge in [0.1, 0.15) is 0 Å². The van der Waals surface area contributed by atoms with Gasteiger partial charge in [0.15, 0.2) is 11.0 Å². The van der Waals surface area contributed by atoms with Crippen LogP contribution in [0.1, 0.15) is 41.0 Å². The number of hydrogen-bond acceptors (Lipinski definition) is 4. The summed E-state index contributed by atoms with van der Waals surface area (Å²) in [4.78, 5) is 12.8. The molecule has 3 aromatic carbocycles. The minimum atomic E-state index is -0.404. The molecule has 0 aliphatic rings. The van der Waals surface area contributed by atoms with Gasteiger partial charge in [-0.2, -0.15) is 0 Å². The molecule has 0 aliphatic carbocycles. The summed E-state index contributed by atoms with van der Waals surface area (Å²) in [5, 5.41) is 16.2. The standard InChI is InChI=1S/C27H28ClN5OS/c1-17-11-13-23(14-19(17)3)30-26(34)29-20(4)25-31-32-27(35-16-21-8-6-5-7-9-21)33(25)24-15-22(28)12-10-18(24)2/h5-15,20H,16H2,1-4H3,(H2,29,30,34). The molecular formula is C27H28ClN5OS. The molecule has 0 bridgehead atoms. The lowest BCUT2D eigenvalue weighted by Crippen LogP contribution is -2.32. The van der Waals surface area contributed by atoms with Crippen LogP contribution in [0.2, 0.25) is 5.02 Å². The number of amides is 2. The van der Waals surface area contributed by atoms with Gasteiger partial charge in [-0.15, -0.1) is 10.2 Å². The van der Waals surface area contributed by atoms with Crippen LogP contribution in [0.5, 0.6) is 0 Å². The van der Waals surface area contributed by atoms with Crippen LogP contribution >= 0.6 is 23.4 Å². The van der Waals surface area contributed by atoms with Crippen LogP contribution in [0.3, 0.4) is 0 Å². The molecule has 0 spiro atoms. The highest BCUT2D eigenvalue weighted by atomic mass is 35.5. The van der Waals surface area contributed by atoms with Gasteiger partial charge in [0.25, 0.3) is 0 Å². The first-order chi connectivity index (χ1) is 16.8. The first kappa shape index (κ1) is 24.8. The van der Waals surface area contributed by atoms with Crippen molar-refractivity contribution in [2.24, 2.45) is 0 Å². The summed E-state index contributed by atoms with van der Waals surface area (Å²) in [6, 6.07) is 21.1. The molecule has 0 saturated carbocycles. The van der Waals surface area contributed by atoms with Gasteiger partial charge >= 0.3 is 6.03 Å². The summed E-state index contributed by atoms with van der Waals surface area (Å²) in [6.45, 7) is 7.97. The van der Waals surface area contributed by atoms with E-state index in [4.69, 9.17) is 11.6 Å². The molecule has 1 atom stereocenters. The molecule has 0 fully saturated rings. The molecule has 4 rings (SSSR count). The molecule has 4 aromatic rings. The fourth-order valence-electron chi connectivity index (χ4n) is 3.67. The number of aryl methyl sites for hydroxylation is 3. The molecule has 2 N–H and O–H groups in total.